The Bertz CT molecular complexity index is 575. The van der Waals surface area contributed by atoms with Crippen LogP contribution >= 0.6 is 38.5 Å². The Labute approximate surface area is 128 Å². The second kappa shape index (κ2) is 5.79. The van der Waals surface area contributed by atoms with Gasteiger partial charge in [-0.15, -0.1) is 0 Å². The van der Waals surface area contributed by atoms with Gasteiger partial charge >= 0.3 is 0 Å². The first-order valence-corrected chi connectivity index (χ1v) is 7.13. The highest BCUT2D eigenvalue weighted by Gasteiger charge is 2.04. The maximum absolute atomic E-state index is 5.73. The number of nitrogens with one attached hydrogen (secondary N) is 1. The first-order chi connectivity index (χ1) is 8.60. The number of nitrogens with two attached hydrogens (primary N) is 1. The first-order valence-electron chi connectivity index (χ1n) is 5.26. The Hall–Kier alpha value is -0.950. The van der Waals surface area contributed by atoms with Gasteiger partial charge < -0.3 is 15.8 Å². The summed E-state index contributed by atoms with van der Waals surface area (Å²) < 4.78 is 7.20. The summed E-state index contributed by atoms with van der Waals surface area (Å²) >= 11 is 5.72. The number of methoxy groups -OCH3 is 1. The summed E-state index contributed by atoms with van der Waals surface area (Å²) in [5, 5.41) is 3.34. The molecule has 0 aliphatic rings. The Kier molecular flexibility index (Phi) is 4.34. The van der Waals surface area contributed by atoms with E-state index in [-0.39, 0.29) is 0 Å². The van der Waals surface area contributed by atoms with Crippen LogP contribution in [0.3, 0.4) is 0 Å². The number of hydrogen-bond acceptors (Lipinski definition) is 3. The van der Waals surface area contributed by atoms with Gasteiger partial charge in [0.2, 0.25) is 0 Å². The molecule has 5 heteroatoms. The van der Waals surface area contributed by atoms with Gasteiger partial charge in [-0.1, -0.05) is 0 Å². The van der Waals surface area contributed by atoms with Gasteiger partial charge in [0, 0.05) is 14.9 Å². The third-order valence-electron chi connectivity index (χ3n) is 2.42. The lowest BCUT2D eigenvalue weighted by Crippen LogP contribution is -1.95. The van der Waals surface area contributed by atoms with Crippen LogP contribution in [0.2, 0.25) is 0 Å². The zero-order chi connectivity index (χ0) is 13.1. The van der Waals surface area contributed by atoms with Crippen LogP contribution in [0.1, 0.15) is 0 Å². The zero-order valence-corrected chi connectivity index (χ0v) is 13.4. The Morgan fingerprint density at radius 2 is 2.00 bits per heavy atom. The van der Waals surface area contributed by atoms with E-state index in [9.17, 15) is 0 Å². The molecule has 0 unspecified atom stereocenters. The topological polar surface area (TPSA) is 47.3 Å². The second-order valence-electron chi connectivity index (χ2n) is 3.71. The average molecular weight is 419 g/mol. The quantitative estimate of drug-likeness (QED) is 0.574. The van der Waals surface area contributed by atoms with Crippen molar-refractivity contribution in [2.24, 2.45) is 0 Å². The molecule has 0 aliphatic heterocycles. The van der Waals surface area contributed by atoms with Crippen LogP contribution < -0.4 is 15.8 Å². The maximum atomic E-state index is 5.73. The van der Waals surface area contributed by atoms with Crippen molar-refractivity contribution in [1.29, 1.82) is 0 Å². The molecule has 0 aromatic heterocycles. The fourth-order valence-corrected chi connectivity index (χ4v) is 2.75. The van der Waals surface area contributed by atoms with Crippen LogP contribution in [0.25, 0.3) is 0 Å². The lowest BCUT2D eigenvalue weighted by Gasteiger charge is -2.11. The fraction of sp³-hybridized carbons (Fsp3) is 0.0769. The summed E-state index contributed by atoms with van der Waals surface area (Å²) in [6, 6.07) is 11.6. The molecule has 94 valence electrons. The highest BCUT2D eigenvalue weighted by atomic mass is 127. The number of nitrogen functional groups attached to an aromatic ring is 1. The lowest BCUT2D eigenvalue weighted by molar-refractivity contribution is 0.412. The van der Waals surface area contributed by atoms with Crippen LogP contribution in [-0.4, -0.2) is 7.11 Å². The number of ether oxygens (including phenoxy) is 1. The minimum absolute atomic E-state index is 0.765. The Morgan fingerprint density at radius 3 is 2.61 bits per heavy atom. The zero-order valence-electron chi connectivity index (χ0n) is 9.71. The molecule has 0 fully saturated rings. The number of benzene rings is 2. The van der Waals surface area contributed by atoms with Crippen molar-refractivity contribution in [3.8, 4) is 5.75 Å². The van der Waals surface area contributed by atoms with E-state index in [1.807, 2.05) is 36.4 Å². The van der Waals surface area contributed by atoms with E-state index >= 15 is 0 Å². The molecular formula is C13H12BrIN2O. The smallest absolute Gasteiger partial charge is 0.133 e. The predicted octanol–water partition coefficient (Wildman–Crippen LogP) is 4.39. The second-order valence-corrected chi connectivity index (χ2v) is 5.73. The minimum atomic E-state index is 0.765. The van der Waals surface area contributed by atoms with Gasteiger partial charge in [0.1, 0.15) is 5.75 Å². The molecule has 0 radical (unpaired) electrons. The van der Waals surface area contributed by atoms with Gasteiger partial charge in [-0.05, 0) is 74.9 Å². The van der Waals surface area contributed by atoms with Crippen molar-refractivity contribution < 1.29 is 4.74 Å². The Balaban J connectivity index is 2.26. The minimum Gasteiger partial charge on any atom is -0.496 e. The van der Waals surface area contributed by atoms with Crippen molar-refractivity contribution in [3.05, 3.63) is 44.4 Å². The fourth-order valence-electron chi connectivity index (χ4n) is 1.53. The van der Waals surface area contributed by atoms with Crippen LogP contribution in [-0.2, 0) is 0 Å². The summed E-state index contributed by atoms with van der Waals surface area (Å²) in [5.41, 5.74) is 8.51. The molecule has 18 heavy (non-hydrogen) atoms. The lowest BCUT2D eigenvalue weighted by atomic mass is 10.2. The van der Waals surface area contributed by atoms with E-state index < -0.39 is 0 Å². The molecule has 3 nitrogen and oxygen atoms in total. The van der Waals surface area contributed by atoms with E-state index in [1.165, 1.54) is 0 Å². The molecule has 0 saturated carbocycles. The highest BCUT2D eigenvalue weighted by molar-refractivity contribution is 14.1. The van der Waals surface area contributed by atoms with Crippen molar-refractivity contribution in [2.75, 3.05) is 18.2 Å². The normalized spacial score (nSPS) is 10.2. The monoisotopic (exact) mass is 418 g/mol. The molecule has 2 aromatic rings. The average Bonchev–Trinajstić information content (AvgIpc) is 2.33. The van der Waals surface area contributed by atoms with E-state index in [1.54, 1.807) is 7.11 Å². The summed E-state index contributed by atoms with van der Waals surface area (Å²) in [6.45, 7) is 0. The third kappa shape index (κ3) is 3.08. The maximum Gasteiger partial charge on any atom is 0.133 e. The SMILES string of the molecule is COc1ccc(Nc2ccc(N)cc2I)cc1Br. The standard InChI is InChI=1S/C13H12BrIN2O/c1-18-13-5-3-9(7-10(13)14)17-12-4-2-8(16)6-11(12)15/h2-7,17H,16H2,1H3. The van der Waals surface area contributed by atoms with E-state index in [2.05, 4.69) is 43.8 Å². The van der Waals surface area contributed by atoms with Crippen molar-refractivity contribution in [2.45, 2.75) is 0 Å². The molecule has 0 heterocycles. The summed E-state index contributed by atoms with van der Waals surface area (Å²) in [6.07, 6.45) is 0. The molecule has 0 amide bonds. The van der Waals surface area contributed by atoms with Crippen molar-refractivity contribution in [1.82, 2.24) is 0 Å². The summed E-state index contributed by atoms with van der Waals surface area (Å²) in [5.74, 6) is 0.813. The van der Waals surface area contributed by atoms with Gasteiger partial charge in [0.15, 0.2) is 0 Å². The van der Waals surface area contributed by atoms with Crippen molar-refractivity contribution in [3.63, 3.8) is 0 Å². The first kappa shape index (κ1) is 13.5. The third-order valence-corrected chi connectivity index (χ3v) is 3.94. The van der Waals surface area contributed by atoms with Gasteiger partial charge in [-0.3, -0.25) is 0 Å². The van der Waals surface area contributed by atoms with Crippen molar-refractivity contribution >= 4 is 55.6 Å². The molecule has 0 spiro atoms. The molecular weight excluding hydrogens is 407 g/mol. The van der Waals surface area contributed by atoms with E-state index in [0.29, 0.717) is 0 Å². The molecule has 0 aliphatic carbocycles. The van der Waals surface area contributed by atoms with Gasteiger partial charge in [-0.25, -0.2) is 0 Å². The number of anilines is 3. The number of rotatable bonds is 3. The molecule has 0 atom stereocenters. The summed E-state index contributed by atoms with van der Waals surface area (Å²) in [4.78, 5) is 0. The summed E-state index contributed by atoms with van der Waals surface area (Å²) in [7, 11) is 1.65. The van der Waals surface area contributed by atoms with Crippen LogP contribution in [0.5, 0.6) is 5.75 Å². The predicted molar refractivity (Wildman–Crippen MR) is 87.5 cm³/mol. The van der Waals surface area contributed by atoms with E-state index in [4.69, 9.17) is 10.5 Å². The largest absolute Gasteiger partial charge is 0.496 e. The highest BCUT2D eigenvalue weighted by Crippen LogP contribution is 2.30. The van der Waals surface area contributed by atoms with E-state index in [0.717, 1.165) is 30.9 Å². The molecule has 0 bridgehead atoms. The molecule has 2 aromatic carbocycles. The van der Waals surface area contributed by atoms with Crippen LogP contribution in [0.4, 0.5) is 17.1 Å². The van der Waals surface area contributed by atoms with Gasteiger partial charge in [0.05, 0.1) is 17.3 Å². The van der Waals surface area contributed by atoms with Crippen LogP contribution in [0, 0.1) is 3.57 Å². The molecule has 2 rings (SSSR count). The van der Waals surface area contributed by atoms with Gasteiger partial charge in [-0.2, -0.15) is 0 Å². The molecule has 0 saturated heterocycles. The van der Waals surface area contributed by atoms with Crippen LogP contribution in [0.15, 0.2) is 40.9 Å². The Morgan fingerprint density at radius 1 is 1.22 bits per heavy atom. The number of hydrogen-bond donors (Lipinski definition) is 2. The number of halogens is 2. The molecule has 3 N–H and O–H groups in total. The van der Waals surface area contributed by atoms with Gasteiger partial charge in [0.25, 0.3) is 0 Å².